The third-order valence-corrected chi connectivity index (χ3v) is 4.44. The van der Waals surface area contributed by atoms with Crippen LogP contribution in [-0.4, -0.2) is 27.9 Å². The fourth-order valence-electron chi connectivity index (χ4n) is 3.21. The molecule has 2 aromatic heterocycles. The van der Waals surface area contributed by atoms with Gasteiger partial charge < -0.3 is 15.0 Å². The molecule has 0 bridgehead atoms. The second kappa shape index (κ2) is 6.08. The molecule has 120 valence electrons. The number of ether oxygens (including phenoxy) is 1. The lowest BCUT2D eigenvalue weighted by atomic mass is 10.1. The summed E-state index contributed by atoms with van der Waals surface area (Å²) in [6, 6.07) is 8.50. The van der Waals surface area contributed by atoms with Gasteiger partial charge in [0.05, 0.1) is 12.3 Å². The third-order valence-electron chi connectivity index (χ3n) is 4.44. The lowest BCUT2D eigenvalue weighted by Gasteiger charge is -2.13. The standard InChI is InChI=1S/C18H22N4O/c1-13-4-2-5-16-14(11-20-18(13)16)6-7-19-12-15-10-17-22(21-15)8-3-9-23-17/h2,4-5,10-11,19-20H,3,6-9,12H2,1H3. The van der Waals surface area contributed by atoms with Crippen LogP contribution < -0.4 is 10.1 Å². The zero-order valence-corrected chi connectivity index (χ0v) is 13.4. The van der Waals surface area contributed by atoms with Gasteiger partial charge in [-0.15, -0.1) is 0 Å². The Morgan fingerprint density at radius 3 is 3.26 bits per heavy atom. The summed E-state index contributed by atoms with van der Waals surface area (Å²) in [5.74, 6) is 0.903. The largest absolute Gasteiger partial charge is 0.478 e. The number of benzene rings is 1. The Morgan fingerprint density at radius 1 is 1.39 bits per heavy atom. The molecule has 0 amide bonds. The van der Waals surface area contributed by atoms with Gasteiger partial charge in [-0.05, 0) is 31.0 Å². The summed E-state index contributed by atoms with van der Waals surface area (Å²) in [5.41, 5.74) is 4.96. The fraction of sp³-hybridized carbons (Fsp3) is 0.389. The molecule has 1 aliphatic heterocycles. The van der Waals surface area contributed by atoms with Crippen molar-refractivity contribution in [3.63, 3.8) is 0 Å². The summed E-state index contributed by atoms with van der Waals surface area (Å²) in [4.78, 5) is 3.39. The molecule has 0 atom stereocenters. The van der Waals surface area contributed by atoms with Crippen LogP contribution in [0.3, 0.4) is 0 Å². The SMILES string of the molecule is Cc1cccc2c(CCNCc3cc4n(n3)CCCO4)c[nH]c12. The molecule has 0 spiro atoms. The highest BCUT2D eigenvalue weighted by Gasteiger charge is 2.12. The minimum Gasteiger partial charge on any atom is -0.478 e. The van der Waals surface area contributed by atoms with Crippen LogP contribution in [0.5, 0.6) is 5.88 Å². The van der Waals surface area contributed by atoms with Gasteiger partial charge in [0.15, 0.2) is 0 Å². The quantitative estimate of drug-likeness (QED) is 0.713. The summed E-state index contributed by atoms with van der Waals surface area (Å²) in [6.45, 7) is 5.63. The maximum absolute atomic E-state index is 5.60. The molecule has 3 heterocycles. The van der Waals surface area contributed by atoms with Crippen molar-refractivity contribution in [3.8, 4) is 5.88 Å². The van der Waals surface area contributed by atoms with Crippen molar-refractivity contribution < 1.29 is 4.74 Å². The molecule has 0 radical (unpaired) electrons. The van der Waals surface area contributed by atoms with Crippen molar-refractivity contribution in [2.75, 3.05) is 13.2 Å². The molecule has 0 unspecified atom stereocenters. The van der Waals surface area contributed by atoms with Crippen LogP contribution in [0.4, 0.5) is 0 Å². The number of aromatic amines is 1. The molecule has 23 heavy (non-hydrogen) atoms. The third kappa shape index (κ3) is 2.84. The molecule has 0 aliphatic carbocycles. The van der Waals surface area contributed by atoms with E-state index in [-0.39, 0.29) is 0 Å². The molecule has 1 aromatic carbocycles. The first kappa shape index (κ1) is 14.3. The Labute approximate surface area is 135 Å². The van der Waals surface area contributed by atoms with Gasteiger partial charge in [-0.25, -0.2) is 4.68 Å². The molecule has 0 saturated carbocycles. The van der Waals surface area contributed by atoms with Crippen LogP contribution in [-0.2, 0) is 19.5 Å². The van der Waals surface area contributed by atoms with E-state index in [1.165, 1.54) is 22.0 Å². The first-order valence-corrected chi connectivity index (χ1v) is 8.27. The van der Waals surface area contributed by atoms with E-state index in [1.807, 2.05) is 10.7 Å². The Bertz CT molecular complexity index is 794. The maximum atomic E-state index is 5.60. The number of aryl methyl sites for hydroxylation is 2. The van der Waals surface area contributed by atoms with Gasteiger partial charge in [0.2, 0.25) is 5.88 Å². The molecule has 5 nitrogen and oxygen atoms in total. The summed E-state index contributed by atoms with van der Waals surface area (Å²) >= 11 is 0. The molecular weight excluding hydrogens is 288 g/mol. The van der Waals surface area contributed by atoms with E-state index in [0.29, 0.717) is 0 Å². The number of H-pyrrole nitrogens is 1. The van der Waals surface area contributed by atoms with Crippen molar-refractivity contribution >= 4 is 10.9 Å². The summed E-state index contributed by atoms with van der Waals surface area (Å²) in [7, 11) is 0. The molecule has 3 aromatic rings. The van der Waals surface area contributed by atoms with E-state index in [4.69, 9.17) is 4.74 Å². The average molecular weight is 310 g/mol. The lowest BCUT2D eigenvalue weighted by Crippen LogP contribution is -2.17. The van der Waals surface area contributed by atoms with Crippen LogP contribution in [0.15, 0.2) is 30.5 Å². The van der Waals surface area contributed by atoms with Gasteiger partial charge in [0, 0.05) is 42.7 Å². The number of nitrogens with one attached hydrogen (secondary N) is 2. The first-order chi connectivity index (χ1) is 11.3. The Balaban J connectivity index is 1.34. The maximum Gasteiger partial charge on any atom is 0.212 e. The molecule has 1 aliphatic rings. The van der Waals surface area contributed by atoms with Crippen molar-refractivity contribution in [1.82, 2.24) is 20.1 Å². The van der Waals surface area contributed by atoms with Crippen molar-refractivity contribution in [1.29, 1.82) is 0 Å². The topological polar surface area (TPSA) is 54.9 Å². The zero-order valence-electron chi connectivity index (χ0n) is 13.4. The summed E-state index contributed by atoms with van der Waals surface area (Å²) in [6.07, 6.45) is 4.18. The van der Waals surface area contributed by atoms with Crippen LogP contribution in [0, 0.1) is 6.92 Å². The number of hydrogen-bond acceptors (Lipinski definition) is 3. The van der Waals surface area contributed by atoms with E-state index in [9.17, 15) is 0 Å². The predicted molar refractivity (Wildman–Crippen MR) is 90.8 cm³/mol. The second-order valence-corrected chi connectivity index (χ2v) is 6.14. The zero-order chi connectivity index (χ0) is 15.6. The normalized spacial score (nSPS) is 14.0. The fourth-order valence-corrected chi connectivity index (χ4v) is 3.21. The Kier molecular flexibility index (Phi) is 3.79. The highest BCUT2D eigenvalue weighted by Crippen LogP contribution is 2.21. The van der Waals surface area contributed by atoms with Gasteiger partial charge in [0.25, 0.3) is 0 Å². The number of para-hydroxylation sites is 1. The number of hydrogen-bond donors (Lipinski definition) is 2. The Morgan fingerprint density at radius 2 is 2.35 bits per heavy atom. The van der Waals surface area contributed by atoms with Gasteiger partial charge >= 0.3 is 0 Å². The van der Waals surface area contributed by atoms with E-state index in [0.717, 1.165) is 50.7 Å². The first-order valence-electron chi connectivity index (χ1n) is 8.27. The van der Waals surface area contributed by atoms with E-state index < -0.39 is 0 Å². The summed E-state index contributed by atoms with van der Waals surface area (Å²) < 4.78 is 7.56. The van der Waals surface area contributed by atoms with E-state index >= 15 is 0 Å². The van der Waals surface area contributed by atoms with Gasteiger partial charge in [-0.1, -0.05) is 18.2 Å². The monoisotopic (exact) mass is 310 g/mol. The highest BCUT2D eigenvalue weighted by atomic mass is 16.5. The number of fused-ring (bicyclic) bond motifs is 2. The smallest absolute Gasteiger partial charge is 0.212 e. The number of nitrogens with zero attached hydrogens (tertiary/aromatic N) is 2. The second-order valence-electron chi connectivity index (χ2n) is 6.14. The minimum absolute atomic E-state index is 0.782. The molecule has 0 fully saturated rings. The van der Waals surface area contributed by atoms with Crippen LogP contribution in [0.25, 0.3) is 10.9 Å². The number of rotatable bonds is 5. The molecule has 4 rings (SSSR count). The molecule has 0 saturated heterocycles. The van der Waals surface area contributed by atoms with Gasteiger partial charge in [-0.3, -0.25) is 0 Å². The molecular formula is C18H22N4O. The van der Waals surface area contributed by atoms with Crippen LogP contribution in [0.1, 0.15) is 23.2 Å². The van der Waals surface area contributed by atoms with Gasteiger partial charge in [0.1, 0.15) is 0 Å². The van der Waals surface area contributed by atoms with Gasteiger partial charge in [-0.2, -0.15) is 5.10 Å². The average Bonchev–Trinajstić information content (AvgIpc) is 3.16. The molecule has 5 heteroatoms. The Hall–Kier alpha value is -2.27. The van der Waals surface area contributed by atoms with Crippen molar-refractivity contribution in [3.05, 3.63) is 47.3 Å². The van der Waals surface area contributed by atoms with E-state index in [1.54, 1.807) is 0 Å². The van der Waals surface area contributed by atoms with E-state index in [2.05, 4.69) is 46.7 Å². The van der Waals surface area contributed by atoms with Crippen LogP contribution in [0.2, 0.25) is 0 Å². The minimum atomic E-state index is 0.782. The van der Waals surface area contributed by atoms with Crippen LogP contribution >= 0.6 is 0 Å². The van der Waals surface area contributed by atoms with Crippen molar-refractivity contribution in [2.45, 2.75) is 32.9 Å². The predicted octanol–water partition coefficient (Wildman–Crippen LogP) is 2.79. The molecule has 2 N–H and O–H groups in total. The lowest BCUT2D eigenvalue weighted by molar-refractivity contribution is 0.230. The van der Waals surface area contributed by atoms with Crippen molar-refractivity contribution in [2.24, 2.45) is 0 Å². The number of aromatic nitrogens is 3. The highest BCUT2D eigenvalue weighted by molar-refractivity contribution is 5.85. The summed E-state index contributed by atoms with van der Waals surface area (Å²) in [5, 5.41) is 9.38.